The molecule has 10 nitrogen and oxygen atoms in total. The Kier molecular flexibility index (Phi) is 11.7. The highest BCUT2D eigenvalue weighted by atomic mass is 32.2. The molecule has 0 spiro atoms. The molecule has 35 heavy (non-hydrogen) atoms. The summed E-state index contributed by atoms with van der Waals surface area (Å²) in [6, 6.07) is 14.1. The molecule has 0 saturated carbocycles. The summed E-state index contributed by atoms with van der Waals surface area (Å²) in [5.74, 6) is 0.389. The second-order valence-corrected chi connectivity index (χ2v) is 8.53. The molecular formula is C24H28N6O4S. The van der Waals surface area contributed by atoms with Crippen LogP contribution in [-0.4, -0.2) is 47.6 Å². The van der Waals surface area contributed by atoms with Gasteiger partial charge in [-0.05, 0) is 35.4 Å². The fourth-order valence-corrected chi connectivity index (χ4v) is 3.48. The fraction of sp³-hybridized carbons (Fsp3) is 0.250. The van der Waals surface area contributed by atoms with Crippen LogP contribution in [0.25, 0.3) is 0 Å². The number of hydrogen-bond acceptors (Lipinski definition) is 7. The zero-order valence-electron chi connectivity index (χ0n) is 19.5. The normalized spacial score (nSPS) is 10.8. The van der Waals surface area contributed by atoms with Gasteiger partial charge < -0.3 is 10.6 Å². The maximum Gasteiger partial charge on any atom is 0.240 e. The van der Waals surface area contributed by atoms with Crippen molar-refractivity contribution in [2.24, 2.45) is 10.2 Å². The predicted octanol–water partition coefficient (Wildman–Crippen LogP) is 2.72. The molecule has 2 aromatic carbocycles. The summed E-state index contributed by atoms with van der Waals surface area (Å²) >= 11 is 1.49. The Morgan fingerprint density at radius 2 is 1.06 bits per heavy atom. The summed E-state index contributed by atoms with van der Waals surface area (Å²) in [5.41, 5.74) is 7.86. The summed E-state index contributed by atoms with van der Waals surface area (Å²) in [5, 5.41) is 13.2. The van der Waals surface area contributed by atoms with Gasteiger partial charge in [-0.1, -0.05) is 24.3 Å². The number of hydrogen-bond donors (Lipinski definition) is 4. The third-order valence-electron chi connectivity index (χ3n) is 4.21. The highest BCUT2D eigenvalue weighted by molar-refractivity contribution is 7.99. The van der Waals surface area contributed by atoms with E-state index in [2.05, 4.69) is 31.7 Å². The highest BCUT2D eigenvalue weighted by Crippen LogP contribution is 2.09. The molecule has 0 unspecified atom stereocenters. The van der Waals surface area contributed by atoms with Gasteiger partial charge in [0.25, 0.3) is 0 Å². The Hall–Kier alpha value is -3.99. The fourth-order valence-electron chi connectivity index (χ4n) is 2.61. The number of carbonyl (C=O) groups excluding carboxylic acids is 4. The standard InChI is InChI=1S/C24H28N6O4S/c1-17(31)27-21-7-3-19(4-8-21)15-25-29-23(33)11-13-35-14-12-24(34)30-26-16-20-5-9-22(10-6-20)28-18(2)32/h3-10,15-16H,11-14H2,1-2H3,(H,27,31)(H,28,32)(H,29,33)(H,30,34)/b25-15-,26-16+. The number of anilines is 2. The molecule has 0 aliphatic rings. The average Bonchev–Trinajstić information content (AvgIpc) is 2.80. The lowest BCUT2D eigenvalue weighted by Crippen LogP contribution is -2.19. The molecular weight excluding hydrogens is 468 g/mol. The van der Waals surface area contributed by atoms with E-state index in [0.717, 1.165) is 11.1 Å². The number of hydrazone groups is 2. The van der Waals surface area contributed by atoms with Crippen LogP contribution in [0, 0.1) is 0 Å². The van der Waals surface area contributed by atoms with Gasteiger partial charge in [0.2, 0.25) is 23.6 Å². The SMILES string of the molecule is CC(=O)Nc1ccc(/C=N\NC(=O)CCSCCC(=O)N/N=C/c2ccc(NC(C)=O)cc2)cc1. The van der Waals surface area contributed by atoms with E-state index in [-0.39, 0.29) is 36.5 Å². The Bertz CT molecular complexity index is 983. The number of rotatable bonds is 12. The lowest BCUT2D eigenvalue weighted by molar-refractivity contribution is -0.121. The molecule has 4 amide bonds. The van der Waals surface area contributed by atoms with Crippen LogP contribution in [0.15, 0.2) is 58.7 Å². The Labute approximate surface area is 208 Å². The number of nitrogens with zero attached hydrogens (tertiary/aromatic N) is 2. The van der Waals surface area contributed by atoms with Crippen molar-refractivity contribution >= 4 is 59.2 Å². The van der Waals surface area contributed by atoms with E-state index in [1.54, 1.807) is 48.5 Å². The lowest BCUT2D eigenvalue weighted by atomic mass is 10.2. The third-order valence-corrected chi connectivity index (χ3v) is 5.20. The smallest absolute Gasteiger partial charge is 0.240 e. The Balaban J connectivity index is 1.56. The Morgan fingerprint density at radius 1 is 0.686 bits per heavy atom. The first-order chi connectivity index (χ1) is 16.8. The predicted molar refractivity (Wildman–Crippen MR) is 140 cm³/mol. The van der Waals surface area contributed by atoms with Crippen molar-refractivity contribution in [2.45, 2.75) is 26.7 Å². The van der Waals surface area contributed by atoms with Gasteiger partial charge in [0.15, 0.2) is 0 Å². The maximum atomic E-state index is 11.9. The molecule has 0 heterocycles. The van der Waals surface area contributed by atoms with E-state index in [4.69, 9.17) is 0 Å². The van der Waals surface area contributed by atoms with Gasteiger partial charge in [-0.3, -0.25) is 19.2 Å². The van der Waals surface area contributed by atoms with E-state index in [1.807, 2.05) is 0 Å². The van der Waals surface area contributed by atoms with Crippen LogP contribution in [-0.2, 0) is 19.2 Å². The van der Waals surface area contributed by atoms with Crippen LogP contribution in [0.1, 0.15) is 37.8 Å². The van der Waals surface area contributed by atoms with E-state index < -0.39 is 0 Å². The van der Waals surface area contributed by atoms with Gasteiger partial charge >= 0.3 is 0 Å². The summed E-state index contributed by atoms with van der Waals surface area (Å²) in [4.78, 5) is 45.7. The maximum absolute atomic E-state index is 11.9. The first-order valence-electron chi connectivity index (χ1n) is 10.8. The zero-order chi connectivity index (χ0) is 25.5. The molecule has 2 rings (SSSR count). The number of nitrogens with one attached hydrogen (secondary N) is 4. The first kappa shape index (κ1) is 27.3. The molecule has 0 aliphatic heterocycles. The summed E-state index contributed by atoms with van der Waals surface area (Å²) in [7, 11) is 0. The first-order valence-corrected chi connectivity index (χ1v) is 11.9. The second-order valence-electron chi connectivity index (χ2n) is 7.31. The lowest BCUT2D eigenvalue weighted by Gasteiger charge is -2.03. The molecule has 184 valence electrons. The van der Waals surface area contributed by atoms with E-state index in [1.165, 1.54) is 38.0 Å². The highest BCUT2D eigenvalue weighted by Gasteiger charge is 2.03. The van der Waals surface area contributed by atoms with Crippen molar-refractivity contribution in [3.63, 3.8) is 0 Å². The van der Waals surface area contributed by atoms with E-state index in [9.17, 15) is 19.2 Å². The Morgan fingerprint density at radius 3 is 1.40 bits per heavy atom. The molecule has 0 aliphatic carbocycles. The van der Waals surface area contributed by atoms with Crippen LogP contribution in [0.4, 0.5) is 11.4 Å². The largest absolute Gasteiger partial charge is 0.326 e. The average molecular weight is 497 g/mol. The quantitative estimate of drug-likeness (QED) is 0.203. The molecule has 0 fully saturated rings. The number of thioether (sulfide) groups is 1. The van der Waals surface area contributed by atoms with E-state index >= 15 is 0 Å². The van der Waals surface area contributed by atoms with Crippen LogP contribution >= 0.6 is 11.8 Å². The van der Waals surface area contributed by atoms with Crippen LogP contribution in [0.5, 0.6) is 0 Å². The molecule has 0 saturated heterocycles. The minimum Gasteiger partial charge on any atom is -0.326 e. The van der Waals surface area contributed by atoms with Crippen molar-refractivity contribution < 1.29 is 19.2 Å². The van der Waals surface area contributed by atoms with Crippen molar-refractivity contribution in [3.05, 3.63) is 59.7 Å². The topological polar surface area (TPSA) is 141 Å². The van der Waals surface area contributed by atoms with Crippen LogP contribution in [0.3, 0.4) is 0 Å². The van der Waals surface area contributed by atoms with Gasteiger partial charge in [-0.25, -0.2) is 10.9 Å². The summed E-state index contributed by atoms with van der Waals surface area (Å²) in [6.45, 7) is 2.88. The number of carbonyl (C=O) groups is 4. The molecule has 0 atom stereocenters. The van der Waals surface area contributed by atoms with Crippen LogP contribution < -0.4 is 21.5 Å². The van der Waals surface area contributed by atoms with Crippen molar-refractivity contribution in [1.29, 1.82) is 0 Å². The monoisotopic (exact) mass is 496 g/mol. The molecule has 4 N–H and O–H groups in total. The minimum atomic E-state index is -0.220. The van der Waals surface area contributed by atoms with E-state index in [0.29, 0.717) is 22.9 Å². The molecule has 0 bridgehead atoms. The van der Waals surface area contributed by atoms with Gasteiger partial charge in [0.05, 0.1) is 12.4 Å². The minimum absolute atomic E-state index is 0.145. The van der Waals surface area contributed by atoms with Gasteiger partial charge in [-0.15, -0.1) is 0 Å². The molecule has 0 aromatic heterocycles. The number of benzene rings is 2. The summed E-state index contributed by atoms with van der Waals surface area (Å²) in [6.07, 6.45) is 3.59. The molecule has 11 heteroatoms. The van der Waals surface area contributed by atoms with Gasteiger partial charge in [0, 0.05) is 49.6 Å². The number of amides is 4. The third kappa shape index (κ3) is 12.2. The summed E-state index contributed by atoms with van der Waals surface area (Å²) < 4.78 is 0. The van der Waals surface area contributed by atoms with Crippen LogP contribution in [0.2, 0.25) is 0 Å². The molecule has 0 radical (unpaired) electrons. The van der Waals surface area contributed by atoms with Crippen molar-refractivity contribution in [3.8, 4) is 0 Å². The zero-order valence-corrected chi connectivity index (χ0v) is 20.4. The van der Waals surface area contributed by atoms with Gasteiger partial charge in [-0.2, -0.15) is 22.0 Å². The van der Waals surface area contributed by atoms with Crippen molar-refractivity contribution in [1.82, 2.24) is 10.9 Å². The van der Waals surface area contributed by atoms with Gasteiger partial charge in [0.1, 0.15) is 0 Å². The molecule has 2 aromatic rings. The second kappa shape index (κ2) is 15.0. The van der Waals surface area contributed by atoms with Crippen molar-refractivity contribution in [2.75, 3.05) is 22.1 Å².